The van der Waals surface area contributed by atoms with Gasteiger partial charge in [0.25, 0.3) is 5.91 Å². The molecule has 30 heavy (non-hydrogen) atoms. The van der Waals surface area contributed by atoms with Crippen molar-refractivity contribution >= 4 is 68.1 Å². The Hall–Kier alpha value is -2.87. The van der Waals surface area contributed by atoms with Gasteiger partial charge in [0.05, 0.1) is 27.3 Å². The highest BCUT2D eigenvalue weighted by Crippen LogP contribution is 2.29. The number of carbonyl (C=O) groups is 2. The molecule has 5 nitrogen and oxygen atoms in total. The molecule has 0 unspecified atom stereocenters. The summed E-state index contributed by atoms with van der Waals surface area (Å²) in [5.41, 5.74) is 2.47. The van der Waals surface area contributed by atoms with Crippen molar-refractivity contribution in [1.29, 1.82) is 0 Å². The van der Waals surface area contributed by atoms with E-state index in [1.165, 1.54) is 11.8 Å². The third-order valence-corrected chi connectivity index (χ3v) is 6.59. The number of aromatic nitrogens is 1. The fraction of sp³-hybridized carbons (Fsp3) is 0.0455. The smallest absolute Gasteiger partial charge is 0.255 e. The van der Waals surface area contributed by atoms with Crippen LogP contribution in [0.4, 0.5) is 11.4 Å². The Morgan fingerprint density at radius 1 is 0.900 bits per heavy atom. The van der Waals surface area contributed by atoms with Crippen LogP contribution >= 0.6 is 34.7 Å². The monoisotopic (exact) mass is 453 g/mol. The molecule has 0 spiro atoms. The summed E-state index contributed by atoms with van der Waals surface area (Å²) in [4.78, 5) is 29.5. The van der Waals surface area contributed by atoms with Gasteiger partial charge in [-0.15, -0.1) is 11.3 Å². The standard InChI is InChI=1S/C22H16ClN3O2S2/c23-15-11-9-14(10-12-15)21(28)25-17-6-2-1-5-16(17)24-20(27)13-29-22-26-18-7-3-4-8-19(18)30-22/h1-12H,13H2,(H,24,27)(H,25,28). The minimum absolute atomic E-state index is 0.174. The van der Waals surface area contributed by atoms with E-state index in [9.17, 15) is 9.59 Å². The van der Waals surface area contributed by atoms with E-state index in [1.807, 2.05) is 24.3 Å². The van der Waals surface area contributed by atoms with Crippen LogP contribution in [0.25, 0.3) is 10.2 Å². The Kier molecular flexibility index (Phi) is 6.32. The molecule has 0 bridgehead atoms. The van der Waals surface area contributed by atoms with Crippen molar-refractivity contribution in [2.24, 2.45) is 0 Å². The molecule has 0 radical (unpaired) electrons. The van der Waals surface area contributed by atoms with Crippen molar-refractivity contribution in [2.45, 2.75) is 4.34 Å². The van der Waals surface area contributed by atoms with Crippen LogP contribution in [0.1, 0.15) is 10.4 Å². The van der Waals surface area contributed by atoms with E-state index in [-0.39, 0.29) is 17.6 Å². The Bertz CT molecular complexity index is 1180. The molecule has 4 aromatic rings. The zero-order chi connectivity index (χ0) is 20.9. The molecule has 0 atom stereocenters. The van der Waals surface area contributed by atoms with E-state index >= 15 is 0 Å². The lowest BCUT2D eigenvalue weighted by Gasteiger charge is -2.12. The summed E-state index contributed by atoms with van der Waals surface area (Å²) in [5.74, 6) is -0.232. The van der Waals surface area contributed by atoms with Crippen molar-refractivity contribution in [3.63, 3.8) is 0 Å². The molecule has 1 heterocycles. The first-order chi connectivity index (χ1) is 14.6. The lowest BCUT2D eigenvalue weighted by atomic mass is 10.2. The van der Waals surface area contributed by atoms with Crippen LogP contribution in [0.5, 0.6) is 0 Å². The van der Waals surface area contributed by atoms with E-state index in [2.05, 4.69) is 15.6 Å². The number of nitrogens with one attached hydrogen (secondary N) is 2. The topological polar surface area (TPSA) is 71.1 Å². The summed E-state index contributed by atoms with van der Waals surface area (Å²) in [6.07, 6.45) is 0. The molecule has 4 rings (SSSR count). The zero-order valence-corrected chi connectivity index (χ0v) is 18.0. The van der Waals surface area contributed by atoms with Gasteiger partial charge in [-0.1, -0.05) is 47.6 Å². The number of thiazole rings is 1. The summed E-state index contributed by atoms with van der Waals surface area (Å²) >= 11 is 8.82. The Morgan fingerprint density at radius 3 is 2.30 bits per heavy atom. The lowest BCUT2D eigenvalue weighted by molar-refractivity contribution is -0.113. The van der Waals surface area contributed by atoms with Crippen molar-refractivity contribution in [3.05, 3.63) is 83.4 Å². The van der Waals surface area contributed by atoms with Crippen molar-refractivity contribution in [1.82, 2.24) is 4.98 Å². The van der Waals surface area contributed by atoms with Gasteiger partial charge >= 0.3 is 0 Å². The van der Waals surface area contributed by atoms with Crippen LogP contribution in [0.2, 0.25) is 5.02 Å². The Balaban J connectivity index is 1.39. The van der Waals surface area contributed by atoms with Crippen LogP contribution in [0, 0.1) is 0 Å². The van der Waals surface area contributed by atoms with Gasteiger partial charge in [0.1, 0.15) is 0 Å². The number of benzene rings is 3. The number of nitrogens with zero attached hydrogens (tertiary/aromatic N) is 1. The molecular weight excluding hydrogens is 438 g/mol. The third kappa shape index (κ3) is 4.99. The summed E-state index contributed by atoms with van der Waals surface area (Å²) in [6.45, 7) is 0. The molecule has 3 aromatic carbocycles. The number of thioether (sulfide) groups is 1. The quantitative estimate of drug-likeness (QED) is 0.355. The SMILES string of the molecule is O=C(CSc1nc2ccccc2s1)Nc1ccccc1NC(=O)c1ccc(Cl)cc1. The van der Waals surface area contributed by atoms with Gasteiger partial charge < -0.3 is 10.6 Å². The van der Waals surface area contributed by atoms with Gasteiger partial charge in [0.2, 0.25) is 5.91 Å². The fourth-order valence-corrected chi connectivity index (χ4v) is 4.72. The van der Waals surface area contributed by atoms with E-state index in [0.29, 0.717) is 22.0 Å². The molecular formula is C22H16ClN3O2S2. The second kappa shape index (κ2) is 9.30. The lowest BCUT2D eigenvalue weighted by Crippen LogP contribution is -2.17. The van der Waals surface area contributed by atoms with Crippen LogP contribution in [-0.2, 0) is 4.79 Å². The van der Waals surface area contributed by atoms with Gasteiger partial charge in [-0.3, -0.25) is 9.59 Å². The molecule has 2 N–H and O–H groups in total. The number of amides is 2. The van der Waals surface area contributed by atoms with Crippen molar-refractivity contribution in [3.8, 4) is 0 Å². The maximum absolute atomic E-state index is 12.5. The molecule has 1 aromatic heterocycles. The number of hydrogen-bond acceptors (Lipinski definition) is 5. The van der Waals surface area contributed by atoms with E-state index in [4.69, 9.17) is 11.6 Å². The van der Waals surface area contributed by atoms with Crippen LogP contribution in [-0.4, -0.2) is 22.6 Å². The van der Waals surface area contributed by atoms with Gasteiger partial charge in [-0.05, 0) is 48.5 Å². The maximum Gasteiger partial charge on any atom is 0.255 e. The number of fused-ring (bicyclic) bond motifs is 1. The van der Waals surface area contributed by atoms with E-state index in [1.54, 1.807) is 59.9 Å². The highest BCUT2D eigenvalue weighted by molar-refractivity contribution is 8.01. The van der Waals surface area contributed by atoms with Gasteiger partial charge in [-0.25, -0.2) is 4.98 Å². The van der Waals surface area contributed by atoms with Gasteiger partial charge in [-0.2, -0.15) is 0 Å². The number of carbonyl (C=O) groups excluding carboxylic acids is 2. The summed E-state index contributed by atoms with van der Waals surface area (Å²) in [7, 11) is 0. The Morgan fingerprint density at radius 2 is 1.57 bits per heavy atom. The molecule has 2 amide bonds. The molecule has 8 heteroatoms. The predicted molar refractivity (Wildman–Crippen MR) is 125 cm³/mol. The van der Waals surface area contributed by atoms with Crippen LogP contribution < -0.4 is 10.6 Å². The van der Waals surface area contributed by atoms with Crippen LogP contribution in [0.15, 0.2) is 77.1 Å². The molecule has 150 valence electrons. The largest absolute Gasteiger partial charge is 0.324 e. The first kappa shape index (κ1) is 20.4. The molecule has 0 saturated heterocycles. The second-order valence-corrected chi connectivity index (χ2v) is 8.98. The average molecular weight is 454 g/mol. The number of halogens is 1. The van der Waals surface area contributed by atoms with Gasteiger partial charge in [0, 0.05) is 10.6 Å². The van der Waals surface area contributed by atoms with Crippen molar-refractivity contribution < 1.29 is 9.59 Å². The minimum Gasteiger partial charge on any atom is -0.324 e. The number of anilines is 2. The van der Waals surface area contributed by atoms with Gasteiger partial charge in [0.15, 0.2) is 4.34 Å². The summed E-state index contributed by atoms with van der Waals surface area (Å²) in [6, 6.07) is 21.6. The summed E-state index contributed by atoms with van der Waals surface area (Å²) in [5, 5.41) is 6.25. The maximum atomic E-state index is 12.5. The number of para-hydroxylation sites is 3. The highest BCUT2D eigenvalue weighted by Gasteiger charge is 2.12. The van der Waals surface area contributed by atoms with E-state index in [0.717, 1.165) is 14.6 Å². The average Bonchev–Trinajstić information content (AvgIpc) is 3.17. The fourth-order valence-electron chi connectivity index (χ4n) is 2.72. The second-order valence-electron chi connectivity index (χ2n) is 6.29. The molecule has 0 fully saturated rings. The first-order valence-corrected chi connectivity index (χ1v) is 11.2. The van der Waals surface area contributed by atoms with Crippen LogP contribution in [0.3, 0.4) is 0 Å². The normalized spacial score (nSPS) is 10.7. The zero-order valence-electron chi connectivity index (χ0n) is 15.6. The summed E-state index contributed by atoms with van der Waals surface area (Å²) < 4.78 is 1.94. The molecule has 0 saturated carbocycles. The van der Waals surface area contributed by atoms with Crippen molar-refractivity contribution in [2.75, 3.05) is 16.4 Å². The molecule has 0 aliphatic heterocycles. The minimum atomic E-state index is -0.280. The number of rotatable bonds is 6. The highest BCUT2D eigenvalue weighted by atomic mass is 35.5. The Labute approximate surface area is 186 Å². The molecule has 0 aliphatic rings. The predicted octanol–water partition coefficient (Wildman–Crippen LogP) is 5.93. The molecule has 0 aliphatic carbocycles. The van der Waals surface area contributed by atoms with E-state index < -0.39 is 0 Å². The third-order valence-electron chi connectivity index (χ3n) is 4.16. The number of hydrogen-bond donors (Lipinski definition) is 2. The first-order valence-electron chi connectivity index (χ1n) is 9.03.